The van der Waals surface area contributed by atoms with Gasteiger partial charge in [0, 0.05) is 18.7 Å². The lowest BCUT2D eigenvalue weighted by molar-refractivity contribution is -0.116. The Morgan fingerprint density at radius 2 is 1.50 bits per heavy atom. The molecule has 1 N–H and O–H groups in total. The molecule has 140 valence electrons. The average Bonchev–Trinajstić information content (AvgIpc) is 2.64. The molecule has 7 nitrogen and oxygen atoms in total. The summed E-state index contributed by atoms with van der Waals surface area (Å²) in [4.78, 5) is 13.7. The monoisotopic (exact) mass is 361 g/mol. The highest BCUT2D eigenvalue weighted by atomic mass is 16.5. The van der Waals surface area contributed by atoms with Crippen molar-refractivity contribution in [1.82, 2.24) is 0 Å². The summed E-state index contributed by atoms with van der Waals surface area (Å²) >= 11 is 0. The molecule has 7 heteroatoms. The molecular formula is C19H23NO6. The maximum Gasteiger partial charge on any atom is 0.224 e. The molecule has 0 unspecified atom stereocenters. The van der Waals surface area contributed by atoms with Crippen molar-refractivity contribution in [3.63, 3.8) is 0 Å². The lowest BCUT2D eigenvalue weighted by Crippen LogP contribution is -2.27. The van der Waals surface area contributed by atoms with Crippen molar-refractivity contribution >= 4 is 11.6 Å². The van der Waals surface area contributed by atoms with Gasteiger partial charge in [-0.15, -0.1) is 0 Å². The molecule has 2 aromatic rings. The average molecular weight is 361 g/mol. The molecule has 0 saturated carbocycles. The number of phenols is 1. The minimum Gasteiger partial charge on any atom is -0.504 e. The molecule has 2 rings (SSSR count). The second-order valence-corrected chi connectivity index (χ2v) is 5.49. The van der Waals surface area contributed by atoms with E-state index in [0.717, 1.165) is 5.56 Å². The van der Waals surface area contributed by atoms with E-state index in [4.69, 9.17) is 18.9 Å². The lowest BCUT2D eigenvalue weighted by atomic mass is 10.1. The molecule has 0 aromatic heterocycles. The maximum absolute atomic E-state index is 12.2. The zero-order valence-electron chi connectivity index (χ0n) is 15.5. The van der Waals surface area contributed by atoms with Crippen LogP contribution in [0.25, 0.3) is 0 Å². The zero-order chi connectivity index (χ0) is 19.3. The molecular weight excluding hydrogens is 338 g/mol. The number of phenolic OH excluding ortho intramolecular Hbond substituents is 1. The maximum atomic E-state index is 12.2. The third-order valence-electron chi connectivity index (χ3n) is 3.92. The van der Waals surface area contributed by atoms with Gasteiger partial charge >= 0.3 is 0 Å². The van der Waals surface area contributed by atoms with Crippen molar-refractivity contribution in [2.75, 3.05) is 33.3 Å². The van der Waals surface area contributed by atoms with Gasteiger partial charge in [0.2, 0.25) is 11.7 Å². The summed E-state index contributed by atoms with van der Waals surface area (Å²) in [6.45, 7) is 1.72. The first-order chi connectivity index (χ1) is 12.4. The molecule has 1 amide bonds. The Bertz CT molecular complexity index is 765. The Balaban J connectivity index is 2.42. The van der Waals surface area contributed by atoms with Crippen molar-refractivity contribution in [2.45, 2.75) is 13.5 Å². The van der Waals surface area contributed by atoms with Crippen LogP contribution in [0.1, 0.15) is 12.5 Å². The Morgan fingerprint density at radius 3 is 1.92 bits per heavy atom. The van der Waals surface area contributed by atoms with Gasteiger partial charge < -0.3 is 29.0 Å². The SMILES string of the molecule is COc1ccc(N(Cc2cc(OC)c(OC)c(OC)c2)C(C)=O)cc1O. The molecule has 0 saturated heterocycles. The predicted octanol–water partition coefficient (Wildman–Crippen LogP) is 2.98. The highest BCUT2D eigenvalue weighted by Gasteiger charge is 2.18. The number of carbonyl (C=O) groups excluding carboxylic acids is 1. The number of amides is 1. The Morgan fingerprint density at radius 1 is 0.923 bits per heavy atom. The van der Waals surface area contributed by atoms with Crippen LogP contribution in [-0.4, -0.2) is 39.5 Å². The van der Waals surface area contributed by atoms with Crippen molar-refractivity contribution in [3.05, 3.63) is 35.9 Å². The van der Waals surface area contributed by atoms with Gasteiger partial charge in [0.1, 0.15) is 0 Å². The number of methoxy groups -OCH3 is 4. The van der Waals surface area contributed by atoms with E-state index < -0.39 is 0 Å². The third-order valence-corrected chi connectivity index (χ3v) is 3.92. The van der Waals surface area contributed by atoms with Gasteiger partial charge in [0.15, 0.2) is 23.0 Å². The molecule has 0 radical (unpaired) electrons. The highest BCUT2D eigenvalue weighted by Crippen LogP contribution is 2.39. The molecule has 0 aliphatic rings. The molecule has 0 spiro atoms. The number of benzene rings is 2. The number of aromatic hydroxyl groups is 1. The lowest BCUT2D eigenvalue weighted by Gasteiger charge is -2.23. The molecule has 0 aliphatic heterocycles. The number of hydrogen-bond donors (Lipinski definition) is 1. The highest BCUT2D eigenvalue weighted by molar-refractivity contribution is 5.91. The molecule has 0 heterocycles. The van der Waals surface area contributed by atoms with E-state index in [-0.39, 0.29) is 18.2 Å². The third kappa shape index (κ3) is 3.93. The second kappa shape index (κ2) is 8.33. The summed E-state index contributed by atoms with van der Waals surface area (Å²) in [7, 11) is 6.06. The van der Waals surface area contributed by atoms with Gasteiger partial charge in [0.05, 0.1) is 35.0 Å². The Labute approximate surface area is 152 Å². The number of nitrogens with zero attached hydrogens (tertiary/aromatic N) is 1. The Hall–Kier alpha value is -3.09. The number of carbonyl (C=O) groups is 1. The van der Waals surface area contributed by atoms with E-state index in [1.54, 1.807) is 24.3 Å². The van der Waals surface area contributed by atoms with Crippen LogP contribution in [0, 0.1) is 0 Å². The molecule has 0 bridgehead atoms. The van der Waals surface area contributed by atoms with Gasteiger partial charge in [-0.2, -0.15) is 0 Å². The number of hydrogen-bond acceptors (Lipinski definition) is 6. The summed E-state index contributed by atoms with van der Waals surface area (Å²) in [5.41, 5.74) is 1.33. The van der Waals surface area contributed by atoms with Crippen molar-refractivity contribution < 1.29 is 28.8 Å². The van der Waals surface area contributed by atoms with Crippen LogP contribution in [0.3, 0.4) is 0 Å². The van der Waals surface area contributed by atoms with Crippen LogP contribution >= 0.6 is 0 Å². The van der Waals surface area contributed by atoms with Gasteiger partial charge in [0.25, 0.3) is 0 Å². The van der Waals surface area contributed by atoms with Gasteiger partial charge in [-0.05, 0) is 29.8 Å². The summed E-state index contributed by atoms with van der Waals surface area (Å²) in [5, 5.41) is 10.0. The van der Waals surface area contributed by atoms with Crippen LogP contribution in [0.2, 0.25) is 0 Å². The molecule has 26 heavy (non-hydrogen) atoms. The molecule has 0 aliphatic carbocycles. The van der Waals surface area contributed by atoms with Crippen LogP contribution in [-0.2, 0) is 11.3 Å². The summed E-state index contributed by atoms with van der Waals surface area (Å²) in [6, 6.07) is 8.35. The van der Waals surface area contributed by atoms with Gasteiger partial charge in [-0.25, -0.2) is 0 Å². The summed E-state index contributed by atoms with van der Waals surface area (Å²) in [6.07, 6.45) is 0. The quantitative estimate of drug-likeness (QED) is 0.817. The fraction of sp³-hybridized carbons (Fsp3) is 0.316. The smallest absolute Gasteiger partial charge is 0.224 e. The normalized spacial score (nSPS) is 10.2. The van der Waals surface area contributed by atoms with Crippen molar-refractivity contribution in [2.24, 2.45) is 0 Å². The number of anilines is 1. The Kier molecular flexibility index (Phi) is 6.16. The van der Waals surface area contributed by atoms with Crippen LogP contribution in [0.4, 0.5) is 5.69 Å². The van der Waals surface area contributed by atoms with Gasteiger partial charge in [-0.3, -0.25) is 4.79 Å². The fourth-order valence-corrected chi connectivity index (χ4v) is 2.64. The minimum absolute atomic E-state index is 0.0406. The first-order valence-electron chi connectivity index (χ1n) is 7.89. The fourth-order valence-electron chi connectivity index (χ4n) is 2.64. The summed E-state index contributed by atoms with van der Waals surface area (Å²) < 4.78 is 21.1. The van der Waals surface area contributed by atoms with Gasteiger partial charge in [-0.1, -0.05) is 0 Å². The van der Waals surface area contributed by atoms with E-state index in [1.165, 1.54) is 46.3 Å². The van der Waals surface area contributed by atoms with Crippen molar-refractivity contribution in [3.8, 4) is 28.7 Å². The van der Waals surface area contributed by atoms with Crippen molar-refractivity contribution in [1.29, 1.82) is 0 Å². The molecule has 0 fully saturated rings. The molecule has 0 atom stereocenters. The van der Waals surface area contributed by atoms with E-state index in [1.807, 2.05) is 0 Å². The first-order valence-corrected chi connectivity index (χ1v) is 7.89. The first kappa shape index (κ1) is 19.2. The minimum atomic E-state index is -0.177. The predicted molar refractivity (Wildman–Crippen MR) is 97.6 cm³/mol. The number of ether oxygens (including phenoxy) is 4. The second-order valence-electron chi connectivity index (χ2n) is 5.49. The van der Waals surface area contributed by atoms with E-state index >= 15 is 0 Å². The molecule has 2 aromatic carbocycles. The topological polar surface area (TPSA) is 77.5 Å². The van der Waals surface area contributed by atoms with Crippen LogP contribution < -0.4 is 23.8 Å². The van der Waals surface area contributed by atoms with Crippen LogP contribution in [0.5, 0.6) is 28.7 Å². The van der Waals surface area contributed by atoms with E-state index in [0.29, 0.717) is 28.7 Å². The summed E-state index contributed by atoms with van der Waals surface area (Å²) in [5.74, 6) is 1.61. The van der Waals surface area contributed by atoms with E-state index in [9.17, 15) is 9.90 Å². The largest absolute Gasteiger partial charge is 0.504 e. The number of rotatable bonds is 7. The van der Waals surface area contributed by atoms with Crippen LogP contribution in [0.15, 0.2) is 30.3 Å². The van der Waals surface area contributed by atoms with E-state index in [2.05, 4.69) is 0 Å². The standard InChI is InChI=1S/C19H23NO6/c1-12(21)20(14-6-7-16(23-2)15(22)10-14)11-13-8-17(24-3)19(26-5)18(9-13)25-4/h6-10,22H,11H2,1-5H3. The zero-order valence-corrected chi connectivity index (χ0v) is 15.5.